The molecule has 1 rings (SSSR count). The van der Waals surface area contributed by atoms with Crippen molar-refractivity contribution >= 4 is 34.6 Å². The van der Waals surface area contributed by atoms with Crippen LogP contribution >= 0.6 is 22.6 Å². The molecule has 0 atom stereocenters. The number of methoxy groups -OCH3 is 1. The number of nitro groups is 1. The van der Waals surface area contributed by atoms with Gasteiger partial charge >= 0.3 is 11.7 Å². The lowest BCUT2D eigenvalue weighted by atomic mass is 10.3. The van der Waals surface area contributed by atoms with E-state index in [0.29, 0.717) is 3.77 Å². The molecule has 0 aliphatic rings. The molecule has 15 heavy (non-hydrogen) atoms. The molecular formula is C8H6INO5. The Labute approximate surface area is 98.2 Å². The molecule has 1 aromatic rings. The number of carbonyl (C=O) groups is 1. The van der Waals surface area contributed by atoms with Crippen LogP contribution in [0.25, 0.3) is 6.08 Å². The van der Waals surface area contributed by atoms with E-state index in [2.05, 4.69) is 4.74 Å². The molecule has 0 amide bonds. The topological polar surface area (TPSA) is 82.6 Å². The van der Waals surface area contributed by atoms with Crippen LogP contribution in [-0.4, -0.2) is 18.0 Å². The summed E-state index contributed by atoms with van der Waals surface area (Å²) in [5.74, 6) is -0.775. The molecule has 0 aliphatic heterocycles. The van der Waals surface area contributed by atoms with Crippen molar-refractivity contribution in [2.75, 3.05) is 7.11 Å². The average molecular weight is 323 g/mol. The van der Waals surface area contributed by atoms with E-state index in [-0.39, 0.29) is 5.76 Å². The Morgan fingerprint density at radius 1 is 1.67 bits per heavy atom. The highest BCUT2D eigenvalue weighted by atomic mass is 127. The van der Waals surface area contributed by atoms with Crippen LogP contribution in [0.4, 0.5) is 0 Å². The SMILES string of the molecule is COC(=O)/C(=C\c1ccc(I)o1)[N+](=O)[O-]. The lowest BCUT2D eigenvalue weighted by Gasteiger charge is -1.94. The fourth-order valence-electron chi connectivity index (χ4n) is 0.831. The van der Waals surface area contributed by atoms with Crippen molar-refractivity contribution in [1.29, 1.82) is 0 Å². The third-order valence-electron chi connectivity index (χ3n) is 1.46. The van der Waals surface area contributed by atoms with Gasteiger partial charge in [-0.2, -0.15) is 0 Å². The van der Waals surface area contributed by atoms with Crippen molar-refractivity contribution in [1.82, 2.24) is 0 Å². The third-order valence-corrected chi connectivity index (χ3v) is 2.04. The van der Waals surface area contributed by atoms with Gasteiger partial charge in [-0.05, 0) is 34.7 Å². The van der Waals surface area contributed by atoms with E-state index in [1.165, 1.54) is 6.07 Å². The van der Waals surface area contributed by atoms with Gasteiger partial charge in [0.2, 0.25) is 0 Å². The molecule has 0 unspecified atom stereocenters. The van der Waals surface area contributed by atoms with Gasteiger partial charge in [-0.3, -0.25) is 10.1 Å². The lowest BCUT2D eigenvalue weighted by Crippen LogP contribution is -2.12. The number of esters is 1. The number of furan rings is 1. The molecule has 0 aliphatic carbocycles. The normalized spacial score (nSPS) is 11.2. The van der Waals surface area contributed by atoms with Gasteiger partial charge in [0, 0.05) is 0 Å². The fraction of sp³-hybridized carbons (Fsp3) is 0.125. The minimum absolute atomic E-state index is 0.233. The van der Waals surface area contributed by atoms with Crippen LogP contribution in [0.1, 0.15) is 5.76 Å². The molecule has 80 valence electrons. The van der Waals surface area contributed by atoms with Crippen molar-refractivity contribution in [3.8, 4) is 0 Å². The molecule has 6 nitrogen and oxygen atoms in total. The minimum atomic E-state index is -1.01. The Morgan fingerprint density at radius 2 is 2.33 bits per heavy atom. The Kier molecular flexibility index (Phi) is 3.83. The zero-order valence-electron chi connectivity index (χ0n) is 7.60. The van der Waals surface area contributed by atoms with Crippen molar-refractivity contribution in [3.63, 3.8) is 0 Å². The molecule has 0 spiro atoms. The van der Waals surface area contributed by atoms with Crippen molar-refractivity contribution in [2.45, 2.75) is 0 Å². The molecule has 0 N–H and O–H groups in total. The molecule has 0 bridgehead atoms. The number of rotatable bonds is 3. The van der Waals surface area contributed by atoms with Crippen LogP contribution in [-0.2, 0) is 9.53 Å². The zero-order chi connectivity index (χ0) is 11.4. The molecule has 1 aromatic heterocycles. The fourth-order valence-corrected chi connectivity index (χ4v) is 1.27. The molecule has 0 saturated carbocycles. The van der Waals surface area contributed by atoms with E-state index in [4.69, 9.17) is 4.42 Å². The molecule has 0 aromatic carbocycles. The second-order valence-corrected chi connectivity index (χ2v) is 3.48. The van der Waals surface area contributed by atoms with E-state index < -0.39 is 16.6 Å². The second kappa shape index (κ2) is 4.91. The van der Waals surface area contributed by atoms with Crippen LogP contribution in [0.3, 0.4) is 0 Å². The number of nitrogens with zero attached hydrogens (tertiary/aromatic N) is 1. The summed E-state index contributed by atoms with van der Waals surface area (Å²) in [6.07, 6.45) is 1.02. The van der Waals surface area contributed by atoms with Crippen molar-refractivity contribution < 1.29 is 18.9 Å². The first-order valence-corrected chi connectivity index (χ1v) is 4.82. The summed E-state index contributed by atoms with van der Waals surface area (Å²) >= 11 is 1.91. The van der Waals surface area contributed by atoms with Gasteiger partial charge in [-0.25, -0.2) is 4.79 Å². The summed E-state index contributed by atoms with van der Waals surface area (Å²) < 4.78 is 9.89. The number of halogens is 1. The lowest BCUT2D eigenvalue weighted by molar-refractivity contribution is -0.419. The van der Waals surface area contributed by atoms with Crippen molar-refractivity contribution in [3.05, 3.63) is 37.5 Å². The monoisotopic (exact) mass is 323 g/mol. The quantitative estimate of drug-likeness (QED) is 0.278. The average Bonchev–Trinajstić information content (AvgIpc) is 2.59. The van der Waals surface area contributed by atoms with E-state index in [9.17, 15) is 14.9 Å². The summed E-state index contributed by atoms with van der Waals surface area (Å²) in [5.41, 5.74) is -0.664. The first-order chi connectivity index (χ1) is 7.04. The predicted octanol–water partition coefficient (Wildman–Crippen LogP) is 1.67. The van der Waals surface area contributed by atoms with Gasteiger partial charge in [0.05, 0.1) is 18.1 Å². The zero-order valence-corrected chi connectivity index (χ0v) is 9.76. The molecule has 1 heterocycles. The minimum Gasteiger partial charge on any atom is -0.461 e. The first kappa shape index (κ1) is 11.7. The maximum atomic E-state index is 11.0. The van der Waals surface area contributed by atoms with E-state index in [1.807, 2.05) is 22.6 Å². The molecule has 0 saturated heterocycles. The van der Waals surface area contributed by atoms with E-state index in [0.717, 1.165) is 13.2 Å². The van der Waals surface area contributed by atoms with Gasteiger partial charge in [0.1, 0.15) is 5.76 Å². The standard InChI is InChI=1S/C8H6INO5/c1-14-8(11)6(10(12)13)4-5-2-3-7(9)15-5/h2-4H,1H3/b6-4+. The number of ether oxygens (including phenoxy) is 1. The third kappa shape index (κ3) is 3.05. The largest absolute Gasteiger partial charge is 0.461 e. The summed E-state index contributed by atoms with van der Waals surface area (Å²) in [6.45, 7) is 0. The van der Waals surface area contributed by atoms with Crippen LogP contribution < -0.4 is 0 Å². The highest BCUT2D eigenvalue weighted by molar-refractivity contribution is 14.1. The van der Waals surface area contributed by atoms with E-state index in [1.54, 1.807) is 6.07 Å². The Morgan fingerprint density at radius 3 is 2.73 bits per heavy atom. The molecule has 0 radical (unpaired) electrons. The number of hydrogen-bond acceptors (Lipinski definition) is 5. The Bertz CT molecular complexity index is 422. The Hall–Kier alpha value is -1.38. The van der Waals surface area contributed by atoms with Crippen LogP contribution in [0, 0.1) is 13.9 Å². The van der Waals surface area contributed by atoms with Crippen LogP contribution in [0.15, 0.2) is 22.2 Å². The van der Waals surface area contributed by atoms with Crippen molar-refractivity contribution in [2.24, 2.45) is 0 Å². The van der Waals surface area contributed by atoms with Gasteiger partial charge < -0.3 is 9.15 Å². The second-order valence-electron chi connectivity index (χ2n) is 2.42. The van der Waals surface area contributed by atoms with Crippen LogP contribution in [0.5, 0.6) is 0 Å². The molecule has 0 fully saturated rings. The summed E-state index contributed by atoms with van der Waals surface area (Å²) in [7, 11) is 1.07. The number of carbonyl (C=O) groups excluding carboxylic acids is 1. The highest BCUT2D eigenvalue weighted by Crippen LogP contribution is 2.14. The highest BCUT2D eigenvalue weighted by Gasteiger charge is 2.23. The summed E-state index contributed by atoms with van der Waals surface area (Å²) in [5, 5.41) is 10.5. The van der Waals surface area contributed by atoms with Gasteiger partial charge in [-0.1, -0.05) is 0 Å². The van der Waals surface area contributed by atoms with E-state index >= 15 is 0 Å². The first-order valence-electron chi connectivity index (χ1n) is 3.74. The molecule has 7 heteroatoms. The maximum Gasteiger partial charge on any atom is 0.409 e. The maximum absolute atomic E-state index is 11.0. The van der Waals surface area contributed by atoms with Crippen LogP contribution in [0.2, 0.25) is 0 Å². The summed E-state index contributed by atoms with van der Waals surface area (Å²) in [4.78, 5) is 20.7. The Balaban J connectivity index is 3.04. The van der Waals surface area contributed by atoms with Gasteiger partial charge in [-0.15, -0.1) is 0 Å². The predicted molar refractivity (Wildman–Crippen MR) is 58.4 cm³/mol. The van der Waals surface area contributed by atoms with Gasteiger partial charge in [0.25, 0.3) is 0 Å². The number of hydrogen-bond donors (Lipinski definition) is 0. The van der Waals surface area contributed by atoms with Gasteiger partial charge in [0.15, 0.2) is 3.77 Å². The smallest absolute Gasteiger partial charge is 0.409 e. The summed E-state index contributed by atoms with van der Waals surface area (Å²) in [6, 6.07) is 3.15. The molecular weight excluding hydrogens is 317 g/mol.